The minimum absolute atomic E-state index is 0.00920. The zero-order valence-corrected chi connectivity index (χ0v) is 17.1. The van der Waals surface area contributed by atoms with Gasteiger partial charge in [0, 0.05) is 24.2 Å². The molecule has 1 heterocycles. The number of nitrogens with zero attached hydrogens (tertiary/aromatic N) is 2. The van der Waals surface area contributed by atoms with E-state index in [2.05, 4.69) is 25.3 Å². The monoisotopic (exact) mass is 460 g/mol. The van der Waals surface area contributed by atoms with Crippen molar-refractivity contribution >= 4 is 11.4 Å². The van der Waals surface area contributed by atoms with Crippen molar-refractivity contribution in [1.29, 1.82) is 0 Å². The van der Waals surface area contributed by atoms with E-state index in [4.69, 9.17) is 0 Å². The van der Waals surface area contributed by atoms with E-state index in [-0.39, 0.29) is 29.0 Å². The Balaban J connectivity index is 1.44. The van der Waals surface area contributed by atoms with Crippen molar-refractivity contribution < 1.29 is 22.1 Å². The molecule has 4 rings (SSSR count). The summed E-state index contributed by atoms with van der Waals surface area (Å²) in [5.41, 5.74) is 0.885. The highest BCUT2D eigenvalue weighted by atomic mass is 19.4. The van der Waals surface area contributed by atoms with E-state index in [1.54, 1.807) is 0 Å². The van der Waals surface area contributed by atoms with Crippen molar-refractivity contribution in [2.45, 2.75) is 26.2 Å². The standard InChI is InChI=1S/C22H16F4N4O3/c1-11-2-4-12(5-3-11)9-27-16-17(19(32)18(16)31)28-10-14-7-6-13(8-15(14)23)20-29-21(33-30-20)22(24,25)26/h2-8,27-28H,9-10H2,1H3. The van der Waals surface area contributed by atoms with Gasteiger partial charge in [-0.2, -0.15) is 18.2 Å². The average Bonchev–Trinajstić information content (AvgIpc) is 3.28. The molecule has 4 aromatic rings. The minimum Gasteiger partial charge on any atom is -0.376 e. The molecule has 3 aromatic carbocycles. The first-order valence-electron chi connectivity index (χ1n) is 9.70. The second-order valence-electron chi connectivity index (χ2n) is 7.33. The maximum atomic E-state index is 14.5. The molecule has 33 heavy (non-hydrogen) atoms. The normalized spacial score (nSPS) is 11.7. The molecule has 11 heteroatoms. The lowest BCUT2D eigenvalue weighted by Gasteiger charge is -2.15. The number of aromatic nitrogens is 2. The third-order valence-corrected chi connectivity index (χ3v) is 4.94. The number of alkyl halides is 3. The predicted molar refractivity (Wildman–Crippen MR) is 112 cm³/mol. The summed E-state index contributed by atoms with van der Waals surface area (Å²) < 4.78 is 56.4. The van der Waals surface area contributed by atoms with Crippen molar-refractivity contribution in [2.75, 3.05) is 10.6 Å². The van der Waals surface area contributed by atoms with Gasteiger partial charge in [0.25, 0.3) is 10.9 Å². The molecule has 0 aliphatic heterocycles. The largest absolute Gasteiger partial charge is 0.471 e. The highest BCUT2D eigenvalue weighted by Gasteiger charge is 2.38. The Hall–Kier alpha value is -4.02. The number of aryl methyl sites for hydroxylation is 1. The van der Waals surface area contributed by atoms with Crippen molar-refractivity contribution in [3.8, 4) is 11.4 Å². The Morgan fingerprint density at radius 3 is 2.15 bits per heavy atom. The molecule has 2 N–H and O–H groups in total. The number of hydrogen-bond donors (Lipinski definition) is 2. The molecule has 0 unspecified atom stereocenters. The van der Waals surface area contributed by atoms with Crippen LogP contribution in [0, 0.1) is 12.7 Å². The lowest BCUT2D eigenvalue weighted by Crippen LogP contribution is -2.37. The quantitative estimate of drug-likeness (QED) is 0.318. The lowest BCUT2D eigenvalue weighted by molar-refractivity contribution is -0.159. The number of halogens is 4. The molecule has 0 aliphatic carbocycles. The van der Waals surface area contributed by atoms with Gasteiger partial charge in [-0.1, -0.05) is 47.1 Å². The fourth-order valence-corrected chi connectivity index (χ4v) is 3.09. The van der Waals surface area contributed by atoms with Gasteiger partial charge in [-0.3, -0.25) is 9.59 Å². The molecule has 0 spiro atoms. The van der Waals surface area contributed by atoms with Crippen LogP contribution in [0.3, 0.4) is 0 Å². The zero-order valence-electron chi connectivity index (χ0n) is 17.1. The van der Waals surface area contributed by atoms with Crippen LogP contribution in [-0.2, 0) is 19.3 Å². The van der Waals surface area contributed by atoms with Crippen molar-refractivity contribution in [2.24, 2.45) is 0 Å². The third-order valence-electron chi connectivity index (χ3n) is 4.94. The number of rotatable bonds is 7. The molecular weight excluding hydrogens is 444 g/mol. The van der Waals surface area contributed by atoms with Gasteiger partial charge in [-0.25, -0.2) is 4.39 Å². The summed E-state index contributed by atoms with van der Waals surface area (Å²) in [6.45, 7) is 2.15. The topological polar surface area (TPSA) is 97.1 Å². The van der Waals surface area contributed by atoms with E-state index in [9.17, 15) is 27.2 Å². The van der Waals surface area contributed by atoms with E-state index in [1.807, 2.05) is 31.2 Å². The van der Waals surface area contributed by atoms with Crippen LogP contribution in [0.5, 0.6) is 0 Å². The lowest BCUT2D eigenvalue weighted by atomic mass is 10.1. The van der Waals surface area contributed by atoms with Gasteiger partial charge in [0.15, 0.2) is 0 Å². The summed E-state index contributed by atoms with van der Waals surface area (Å²) in [5, 5.41) is 8.87. The van der Waals surface area contributed by atoms with Crippen LogP contribution in [-0.4, -0.2) is 10.1 Å². The maximum absolute atomic E-state index is 14.5. The summed E-state index contributed by atoms with van der Waals surface area (Å²) in [7, 11) is 0. The Bertz CT molecular complexity index is 1370. The van der Waals surface area contributed by atoms with Crippen LogP contribution >= 0.6 is 0 Å². The number of anilines is 2. The third kappa shape index (κ3) is 4.61. The van der Waals surface area contributed by atoms with Crippen molar-refractivity contribution in [3.05, 3.63) is 91.3 Å². The van der Waals surface area contributed by atoms with Crippen LogP contribution in [0.2, 0.25) is 0 Å². The smallest absolute Gasteiger partial charge is 0.376 e. The van der Waals surface area contributed by atoms with E-state index in [1.165, 1.54) is 12.1 Å². The Kier molecular flexibility index (Phi) is 5.71. The van der Waals surface area contributed by atoms with Gasteiger partial charge in [-0.05, 0) is 18.6 Å². The first-order chi connectivity index (χ1) is 15.6. The van der Waals surface area contributed by atoms with E-state index < -0.39 is 34.6 Å². The highest BCUT2D eigenvalue weighted by Crippen LogP contribution is 2.30. The van der Waals surface area contributed by atoms with Gasteiger partial charge in [0.1, 0.15) is 17.2 Å². The second-order valence-corrected chi connectivity index (χ2v) is 7.33. The Morgan fingerprint density at radius 1 is 0.939 bits per heavy atom. The molecule has 0 saturated heterocycles. The fourth-order valence-electron chi connectivity index (χ4n) is 3.09. The average molecular weight is 460 g/mol. The fraction of sp³-hybridized carbons (Fsp3) is 0.182. The number of nitrogens with one attached hydrogen (secondary N) is 2. The predicted octanol–water partition coefficient (Wildman–Crippen LogP) is 4.02. The molecule has 170 valence electrons. The summed E-state index contributed by atoms with van der Waals surface area (Å²) >= 11 is 0. The molecule has 1 aromatic heterocycles. The number of hydrogen-bond acceptors (Lipinski definition) is 7. The highest BCUT2D eigenvalue weighted by molar-refractivity contribution is 5.74. The van der Waals surface area contributed by atoms with E-state index in [0.717, 1.165) is 17.2 Å². The number of benzene rings is 2. The molecule has 0 aliphatic rings. The van der Waals surface area contributed by atoms with Crippen LogP contribution in [0.1, 0.15) is 22.6 Å². The van der Waals surface area contributed by atoms with E-state index in [0.29, 0.717) is 6.54 Å². The molecule has 0 fully saturated rings. The van der Waals surface area contributed by atoms with Crippen LogP contribution in [0.15, 0.2) is 56.6 Å². The first kappa shape index (κ1) is 22.2. The van der Waals surface area contributed by atoms with Crippen LogP contribution in [0.25, 0.3) is 11.4 Å². The van der Waals surface area contributed by atoms with Crippen LogP contribution in [0.4, 0.5) is 28.9 Å². The maximum Gasteiger partial charge on any atom is 0.471 e. The van der Waals surface area contributed by atoms with Gasteiger partial charge >= 0.3 is 12.1 Å². The molecule has 0 saturated carbocycles. The summed E-state index contributed by atoms with van der Waals surface area (Å²) in [6, 6.07) is 11.2. The summed E-state index contributed by atoms with van der Waals surface area (Å²) in [5.74, 6) is -2.70. The van der Waals surface area contributed by atoms with Crippen LogP contribution < -0.4 is 21.5 Å². The zero-order chi connectivity index (χ0) is 23.8. The molecular formula is C22H16F4N4O3. The molecule has 0 bridgehead atoms. The SMILES string of the molecule is Cc1ccc(CNc2c(NCc3ccc(-c4noc(C(F)(F)F)n4)cc3F)c(=O)c2=O)cc1. The molecule has 0 atom stereocenters. The summed E-state index contributed by atoms with van der Waals surface area (Å²) in [4.78, 5) is 27.1. The molecule has 0 amide bonds. The Labute approximate surface area is 183 Å². The van der Waals surface area contributed by atoms with Crippen molar-refractivity contribution in [1.82, 2.24) is 10.1 Å². The van der Waals surface area contributed by atoms with Gasteiger partial charge in [0.05, 0.1) is 0 Å². The van der Waals surface area contributed by atoms with Crippen molar-refractivity contribution in [3.63, 3.8) is 0 Å². The van der Waals surface area contributed by atoms with E-state index >= 15 is 0 Å². The second kappa shape index (κ2) is 8.49. The van der Waals surface area contributed by atoms with Gasteiger partial charge < -0.3 is 15.2 Å². The Morgan fingerprint density at radius 2 is 1.58 bits per heavy atom. The molecule has 0 radical (unpaired) electrons. The summed E-state index contributed by atoms with van der Waals surface area (Å²) in [6.07, 6.45) is -4.81. The molecule has 7 nitrogen and oxygen atoms in total. The van der Waals surface area contributed by atoms with Gasteiger partial charge in [-0.15, -0.1) is 0 Å². The minimum atomic E-state index is -4.81. The first-order valence-corrected chi connectivity index (χ1v) is 9.70. The van der Waals surface area contributed by atoms with Gasteiger partial charge in [0.2, 0.25) is 5.82 Å².